The molecule has 2 N–H and O–H groups in total. The van der Waals surface area contributed by atoms with E-state index in [4.69, 9.17) is 5.73 Å². The highest BCUT2D eigenvalue weighted by atomic mass is 15.4. The second-order valence-electron chi connectivity index (χ2n) is 5.08. The van der Waals surface area contributed by atoms with Crippen LogP contribution in [0.4, 0.5) is 0 Å². The molecule has 5 heteroatoms. The van der Waals surface area contributed by atoms with Crippen molar-refractivity contribution in [1.82, 2.24) is 19.7 Å². The fourth-order valence-corrected chi connectivity index (χ4v) is 2.48. The molecule has 1 atom stereocenters. The largest absolute Gasteiger partial charge is 0.330 e. The van der Waals surface area contributed by atoms with Crippen LogP contribution in [0, 0.1) is 27.7 Å². The maximum Gasteiger partial charge on any atom is 0.251 e. The van der Waals surface area contributed by atoms with Gasteiger partial charge in [0.15, 0.2) is 0 Å². The van der Waals surface area contributed by atoms with Gasteiger partial charge < -0.3 is 5.73 Å². The highest BCUT2D eigenvalue weighted by Gasteiger charge is 2.18. The van der Waals surface area contributed by atoms with Crippen LogP contribution in [0.2, 0.25) is 0 Å². The zero-order chi connectivity index (χ0) is 14.2. The second kappa shape index (κ2) is 5.09. The Morgan fingerprint density at radius 2 is 1.74 bits per heavy atom. The van der Waals surface area contributed by atoms with E-state index in [1.165, 1.54) is 5.56 Å². The normalized spacial score (nSPS) is 12.7. The van der Waals surface area contributed by atoms with Gasteiger partial charge in [0.05, 0.1) is 5.69 Å². The van der Waals surface area contributed by atoms with Crippen molar-refractivity contribution in [3.8, 4) is 5.95 Å². The lowest BCUT2D eigenvalue weighted by molar-refractivity contribution is 0.746. The Hall–Kier alpha value is -1.75. The maximum absolute atomic E-state index is 5.77. The Labute approximate surface area is 113 Å². The lowest BCUT2D eigenvalue weighted by Gasteiger charge is -2.09. The molecule has 0 spiro atoms. The summed E-state index contributed by atoms with van der Waals surface area (Å²) in [7, 11) is 0. The average Bonchev–Trinajstić information content (AvgIpc) is 2.63. The summed E-state index contributed by atoms with van der Waals surface area (Å²) < 4.78 is 1.82. The van der Waals surface area contributed by atoms with Gasteiger partial charge in [-0.3, -0.25) is 0 Å². The van der Waals surface area contributed by atoms with E-state index in [2.05, 4.69) is 22.0 Å². The van der Waals surface area contributed by atoms with Crippen molar-refractivity contribution < 1.29 is 0 Å². The molecular formula is C14H21N5. The SMILES string of the molecule is Cc1cc(C)nc(-n2nc(C)c(C(C)CN)c2C)n1. The molecular weight excluding hydrogens is 238 g/mol. The number of rotatable bonds is 3. The number of aromatic nitrogens is 4. The molecule has 1 unspecified atom stereocenters. The van der Waals surface area contributed by atoms with E-state index in [9.17, 15) is 0 Å². The lowest BCUT2D eigenvalue weighted by Crippen LogP contribution is -2.11. The van der Waals surface area contributed by atoms with Crippen molar-refractivity contribution in [1.29, 1.82) is 0 Å². The van der Waals surface area contributed by atoms with Gasteiger partial charge in [-0.15, -0.1) is 0 Å². The van der Waals surface area contributed by atoms with Gasteiger partial charge in [0, 0.05) is 22.6 Å². The van der Waals surface area contributed by atoms with Crippen LogP contribution in [0.1, 0.15) is 41.2 Å². The maximum atomic E-state index is 5.77. The molecule has 2 aromatic heterocycles. The third-order valence-electron chi connectivity index (χ3n) is 3.35. The smallest absolute Gasteiger partial charge is 0.251 e. The van der Waals surface area contributed by atoms with Crippen LogP contribution in [0.5, 0.6) is 0 Å². The molecule has 0 fully saturated rings. The van der Waals surface area contributed by atoms with Crippen molar-refractivity contribution in [3.63, 3.8) is 0 Å². The number of hydrogen-bond donors (Lipinski definition) is 1. The molecule has 2 rings (SSSR count). The van der Waals surface area contributed by atoms with Crippen LogP contribution in [-0.4, -0.2) is 26.3 Å². The summed E-state index contributed by atoms with van der Waals surface area (Å²) in [5.74, 6) is 0.924. The monoisotopic (exact) mass is 259 g/mol. The zero-order valence-corrected chi connectivity index (χ0v) is 12.2. The summed E-state index contributed by atoms with van der Waals surface area (Å²) in [5.41, 5.74) is 10.9. The minimum absolute atomic E-state index is 0.291. The molecule has 102 valence electrons. The molecule has 0 aliphatic heterocycles. The van der Waals surface area contributed by atoms with Crippen LogP contribution < -0.4 is 5.73 Å². The molecule has 0 saturated heterocycles. The molecule has 0 bridgehead atoms. The fourth-order valence-electron chi connectivity index (χ4n) is 2.48. The Balaban J connectivity index is 2.57. The van der Waals surface area contributed by atoms with Crippen LogP contribution in [0.25, 0.3) is 5.95 Å². The number of aryl methyl sites for hydroxylation is 3. The molecule has 19 heavy (non-hydrogen) atoms. The van der Waals surface area contributed by atoms with E-state index in [1.54, 1.807) is 0 Å². The topological polar surface area (TPSA) is 69.6 Å². The van der Waals surface area contributed by atoms with Crippen molar-refractivity contribution in [2.75, 3.05) is 6.54 Å². The Kier molecular flexibility index (Phi) is 3.66. The standard InChI is InChI=1S/C14H21N5/c1-8(7-15)13-11(4)18-19(12(13)5)14-16-9(2)6-10(3)17-14/h6,8H,7,15H2,1-5H3. The number of hydrogen-bond acceptors (Lipinski definition) is 4. The summed E-state index contributed by atoms with van der Waals surface area (Å²) >= 11 is 0. The van der Waals surface area contributed by atoms with Gasteiger partial charge in [0.1, 0.15) is 0 Å². The molecule has 0 aromatic carbocycles. The van der Waals surface area contributed by atoms with Gasteiger partial charge in [-0.1, -0.05) is 6.92 Å². The van der Waals surface area contributed by atoms with Crippen molar-refractivity contribution in [3.05, 3.63) is 34.4 Å². The number of nitrogens with two attached hydrogens (primary N) is 1. The van der Waals surface area contributed by atoms with E-state index >= 15 is 0 Å². The molecule has 0 radical (unpaired) electrons. The first kappa shape index (κ1) is 13.7. The summed E-state index contributed by atoms with van der Waals surface area (Å²) in [6.45, 7) is 10.7. The summed E-state index contributed by atoms with van der Waals surface area (Å²) in [6.07, 6.45) is 0. The highest BCUT2D eigenvalue weighted by Crippen LogP contribution is 2.23. The summed E-state index contributed by atoms with van der Waals surface area (Å²) in [4.78, 5) is 8.93. The molecule has 0 aliphatic carbocycles. The van der Waals surface area contributed by atoms with E-state index in [0.717, 1.165) is 22.8 Å². The lowest BCUT2D eigenvalue weighted by atomic mass is 9.99. The minimum Gasteiger partial charge on any atom is -0.330 e. The molecule has 0 amide bonds. The zero-order valence-electron chi connectivity index (χ0n) is 12.2. The van der Waals surface area contributed by atoms with Gasteiger partial charge in [-0.05, 0) is 46.2 Å². The Morgan fingerprint density at radius 1 is 1.16 bits per heavy atom. The van der Waals surface area contributed by atoms with E-state index in [-0.39, 0.29) is 0 Å². The first-order valence-corrected chi connectivity index (χ1v) is 6.53. The van der Waals surface area contributed by atoms with Crippen LogP contribution in [-0.2, 0) is 0 Å². The second-order valence-corrected chi connectivity index (χ2v) is 5.08. The summed E-state index contributed by atoms with van der Waals surface area (Å²) in [6, 6.07) is 1.96. The average molecular weight is 259 g/mol. The minimum atomic E-state index is 0.291. The predicted molar refractivity (Wildman–Crippen MR) is 75.6 cm³/mol. The van der Waals surface area contributed by atoms with E-state index < -0.39 is 0 Å². The van der Waals surface area contributed by atoms with Crippen molar-refractivity contribution in [2.24, 2.45) is 5.73 Å². The predicted octanol–water partition coefficient (Wildman–Crippen LogP) is 1.96. The third-order valence-corrected chi connectivity index (χ3v) is 3.35. The first-order valence-electron chi connectivity index (χ1n) is 6.53. The third kappa shape index (κ3) is 2.51. The van der Waals surface area contributed by atoms with Crippen molar-refractivity contribution >= 4 is 0 Å². The summed E-state index contributed by atoms with van der Waals surface area (Å²) in [5, 5.41) is 4.57. The van der Waals surface area contributed by atoms with Crippen LogP contribution in [0.3, 0.4) is 0 Å². The highest BCUT2D eigenvalue weighted by molar-refractivity contribution is 5.33. The molecule has 0 saturated carbocycles. The molecule has 2 heterocycles. The van der Waals surface area contributed by atoms with Crippen LogP contribution >= 0.6 is 0 Å². The fraction of sp³-hybridized carbons (Fsp3) is 0.500. The molecule has 0 aliphatic rings. The van der Waals surface area contributed by atoms with Gasteiger partial charge in [0.25, 0.3) is 5.95 Å². The van der Waals surface area contributed by atoms with Crippen molar-refractivity contribution in [2.45, 2.75) is 40.5 Å². The van der Waals surface area contributed by atoms with Gasteiger partial charge in [0.2, 0.25) is 0 Å². The van der Waals surface area contributed by atoms with Gasteiger partial charge in [-0.2, -0.15) is 5.10 Å². The van der Waals surface area contributed by atoms with E-state index in [1.807, 2.05) is 38.4 Å². The molecule has 5 nitrogen and oxygen atoms in total. The Morgan fingerprint density at radius 3 is 2.26 bits per heavy atom. The Bertz CT molecular complexity index is 580. The quantitative estimate of drug-likeness (QED) is 0.914. The van der Waals surface area contributed by atoms with E-state index in [0.29, 0.717) is 18.4 Å². The van der Waals surface area contributed by atoms with Crippen LogP contribution in [0.15, 0.2) is 6.07 Å². The number of nitrogens with zero attached hydrogens (tertiary/aromatic N) is 4. The molecule has 2 aromatic rings. The van der Waals surface area contributed by atoms with Gasteiger partial charge >= 0.3 is 0 Å². The first-order chi connectivity index (χ1) is 8.93. The van der Waals surface area contributed by atoms with Gasteiger partial charge in [-0.25, -0.2) is 14.6 Å².